The van der Waals surface area contributed by atoms with Crippen molar-refractivity contribution in [1.82, 2.24) is 5.32 Å². The van der Waals surface area contributed by atoms with Crippen molar-refractivity contribution in [2.45, 2.75) is 5.92 Å². The van der Waals surface area contributed by atoms with Gasteiger partial charge in [-0.25, -0.2) is 0 Å². The van der Waals surface area contributed by atoms with E-state index in [1.807, 2.05) is 6.07 Å². The second kappa shape index (κ2) is 4.41. The van der Waals surface area contributed by atoms with Crippen LogP contribution in [0.2, 0.25) is 0 Å². The third-order valence-electron chi connectivity index (χ3n) is 2.74. The molecule has 2 rings (SSSR count). The van der Waals surface area contributed by atoms with Gasteiger partial charge in [0.2, 0.25) is 0 Å². The van der Waals surface area contributed by atoms with Crippen LogP contribution in [0.1, 0.15) is 11.5 Å². The fraction of sp³-hybridized carbons (Fsp3) is 0.455. The van der Waals surface area contributed by atoms with Gasteiger partial charge < -0.3 is 14.8 Å². The molecule has 0 radical (unpaired) electrons. The Bertz CT molecular complexity index is 364. The van der Waals surface area contributed by atoms with Crippen LogP contribution < -0.4 is 14.8 Å². The van der Waals surface area contributed by atoms with Crippen molar-refractivity contribution in [3.63, 3.8) is 0 Å². The Balaban J connectivity index is 2.40. The maximum absolute atomic E-state index is 5.33. The van der Waals surface area contributed by atoms with Crippen molar-refractivity contribution < 1.29 is 9.47 Å². The van der Waals surface area contributed by atoms with Gasteiger partial charge in [0.1, 0.15) is 0 Å². The van der Waals surface area contributed by atoms with Crippen LogP contribution in [0.4, 0.5) is 0 Å². The summed E-state index contributed by atoms with van der Waals surface area (Å²) in [5, 5.41) is 3.26. The average molecular weight is 272 g/mol. The van der Waals surface area contributed by atoms with E-state index in [4.69, 9.17) is 9.47 Å². The minimum absolute atomic E-state index is 0.583. The summed E-state index contributed by atoms with van der Waals surface area (Å²) in [6.45, 7) is 2.07. The number of hydrogen-bond donors (Lipinski definition) is 1. The quantitative estimate of drug-likeness (QED) is 0.914. The second-order valence-electron chi connectivity index (χ2n) is 3.56. The van der Waals surface area contributed by atoms with Crippen LogP contribution in [0.5, 0.6) is 11.5 Å². The van der Waals surface area contributed by atoms with Crippen molar-refractivity contribution in [1.29, 1.82) is 0 Å². The van der Waals surface area contributed by atoms with E-state index in [1.165, 1.54) is 5.56 Å². The number of halogens is 1. The van der Waals surface area contributed by atoms with E-state index in [1.54, 1.807) is 14.2 Å². The van der Waals surface area contributed by atoms with Crippen molar-refractivity contribution in [3.05, 3.63) is 22.2 Å². The topological polar surface area (TPSA) is 30.5 Å². The minimum atomic E-state index is 0.583. The number of hydrogen-bond acceptors (Lipinski definition) is 3. The van der Waals surface area contributed by atoms with Crippen LogP contribution in [0.15, 0.2) is 16.6 Å². The molecule has 0 aliphatic carbocycles. The molecule has 1 N–H and O–H groups in total. The molecular weight excluding hydrogens is 258 g/mol. The summed E-state index contributed by atoms with van der Waals surface area (Å²) in [6, 6.07) is 4.05. The van der Waals surface area contributed by atoms with Gasteiger partial charge in [-0.2, -0.15) is 0 Å². The van der Waals surface area contributed by atoms with Crippen LogP contribution >= 0.6 is 15.9 Å². The summed E-state index contributed by atoms with van der Waals surface area (Å²) in [5.74, 6) is 2.13. The summed E-state index contributed by atoms with van der Waals surface area (Å²) < 4.78 is 11.6. The fourth-order valence-electron chi connectivity index (χ4n) is 1.73. The van der Waals surface area contributed by atoms with Crippen molar-refractivity contribution >= 4 is 15.9 Å². The predicted octanol–water partition coefficient (Wildman–Crippen LogP) is 2.15. The molecule has 1 aliphatic rings. The fourth-order valence-corrected chi connectivity index (χ4v) is 2.54. The van der Waals surface area contributed by atoms with Gasteiger partial charge in [0.25, 0.3) is 0 Å². The van der Waals surface area contributed by atoms with Crippen molar-refractivity contribution in [3.8, 4) is 11.5 Å². The molecule has 82 valence electrons. The van der Waals surface area contributed by atoms with Crippen LogP contribution in [0.3, 0.4) is 0 Å². The Labute approximate surface area is 97.9 Å². The van der Waals surface area contributed by atoms with Gasteiger partial charge in [0.15, 0.2) is 11.5 Å². The first-order chi connectivity index (χ1) is 7.27. The third-order valence-corrected chi connectivity index (χ3v) is 3.55. The zero-order valence-corrected chi connectivity index (χ0v) is 10.4. The Kier molecular flexibility index (Phi) is 3.17. The van der Waals surface area contributed by atoms with Gasteiger partial charge in [-0.1, -0.05) is 6.07 Å². The van der Waals surface area contributed by atoms with Crippen LogP contribution in [-0.2, 0) is 0 Å². The lowest BCUT2D eigenvalue weighted by atomic mass is 9.93. The number of methoxy groups -OCH3 is 2. The van der Waals surface area contributed by atoms with E-state index in [0.29, 0.717) is 5.92 Å². The summed E-state index contributed by atoms with van der Waals surface area (Å²) in [7, 11) is 3.31. The molecule has 1 aromatic carbocycles. The standard InChI is InChI=1S/C11H14BrNO2/c1-14-9-4-3-8(7-5-13-6-7)10(12)11(9)15-2/h3-4,7,13H,5-6H2,1-2H3. The summed E-state index contributed by atoms with van der Waals surface area (Å²) in [6.07, 6.45) is 0. The largest absolute Gasteiger partial charge is 0.493 e. The Morgan fingerprint density at radius 2 is 2.00 bits per heavy atom. The normalized spacial score (nSPS) is 15.9. The molecule has 0 atom stereocenters. The molecule has 0 saturated carbocycles. The number of nitrogens with one attached hydrogen (secondary N) is 1. The highest BCUT2D eigenvalue weighted by Crippen LogP contribution is 2.40. The molecular formula is C11H14BrNO2. The Morgan fingerprint density at radius 3 is 2.47 bits per heavy atom. The molecule has 0 aromatic heterocycles. The summed E-state index contributed by atoms with van der Waals surface area (Å²) >= 11 is 3.58. The average Bonchev–Trinajstić information content (AvgIpc) is 2.18. The van der Waals surface area contributed by atoms with E-state index < -0.39 is 0 Å². The van der Waals surface area contributed by atoms with E-state index in [0.717, 1.165) is 29.1 Å². The molecule has 15 heavy (non-hydrogen) atoms. The SMILES string of the molecule is COc1ccc(C2CNC2)c(Br)c1OC. The minimum Gasteiger partial charge on any atom is -0.493 e. The van der Waals surface area contributed by atoms with E-state index in [9.17, 15) is 0 Å². The van der Waals surface area contributed by atoms with Gasteiger partial charge in [-0.05, 0) is 27.6 Å². The zero-order chi connectivity index (χ0) is 10.8. The Morgan fingerprint density at radius 1 is 1.27 bits per heavy atom. The van der Waals surface area contributed by atoms with E-state index >= 15 is 0 Å². The summed E-state index contributed by atoms with van der Waals surface area (Å²) in [5.41, 5.74) is 1.28. The maximum Gasteiger partial charge on any atom is 0.175 e. The van der Waals surface area contributed by atoms with Crippen molar-refractivity contribution in [2.75, 3.05) is 27.3 Å². The van der Waals surface area contributed by atoms with Gasteiger partial charge >= 0.3 is 0 Å². The molecule has 1 heterocycles. The van der Waals surface area contributed by atoms with Gasteiger partial charge in [-0.15, -0.1) is 0 Å². The number of benzene rings is 1. The molecule has 0 spiro atoms. The molecule has 1 saturated heterocycles. The lowest BCUT2D eigenvalue weighted by Gasteiger charge is -2.29. The number of ether oxygens (including phenoxy) is 2. The first-order valence-electron chi connectivity index (χ1n) is 4.89. The first-order valence-corrected chi connectivity index (χ1v) is 5.68. The maximum atomic E-state index is 5.33. The molecule has 0 bridgehead atoms. The van der Waals surface area contributed by atoms with E-state index in [2.05, 4.69) is 27.3 Å². The molecule has 0 amide bonds. The van der Waals surface area contributed by atoms with Crippen LogP contribution in [0.25, 0.3) is 0 Å². The molecule has 0 unspecified atom stereocenters. The molecule has 1 aliphatic heterocycles. The van der Waals surface area contributed by atoms with Gasteiger partial charge in [0, 0.05) is 19.0 Å². The zero-order valence-electron chi connectivity index (χ0n) is 8.84. The Hall–Kier alpha value is -0.740. The first kappa shape index (κ1) is 10.8. The predicted molar refractivity (Wildman–Crippen MR) is 62.9 cm³/mol. The highest BCUT2D eigenvalue weighted by Gasteiger charge is 2.24. The van der Waals surface area contributed by atoms with Crippen LogP contribution in [0, 0.1) is 0 Å². The summed E-state index contributed by atoms with van der Waals surface area (Å²) in [4.78, 5) is 0. The lowest BCUT2D eigenvalue weighted by Crippen LogP contribution is -2.40. The monoisotopic (exact) mass is 271 g/mol. The molecule has 1 fully saturated rings. The van der Waals surface area contributed by atoms with E-state index in [-0.39, 0.29) is 0 Å². The van der Waals surface area contributed by atoms with Gasteiger partial charge in [-0.3, -0.25) is 0 Å². The third kappa shape index (κ3) is 1.84. The van der Waals surface area contributed by atoms with Crippen molar-refractivity contribution in [2.24, 2.45) is 0 Å². The van der Waals surface area contributed by atoms with Crippen LogP contribution in [-0.4, -0.2) is 27.3 Å². The lowest BCUT2D eigenvalue weighted by molar-refractivity contribution is 0.350. The van der Waals surface area contributed by atoms with Gasteiger partial charge in [0.05, 0.1) is 18.7 Å². The highest BCUT2D eigenvalue weighted by atomic mass is 79.9. The molecule has 4 heteroatoms. The molecule has 1 aromatic rings. The highest BCUT2D eigenvalue weighted by molar-refractivity contribution is 9.10. The molecule has 3 nitrogen and oxygen atoms in total. The number of rotatable bonds is 3. The smallest absolute Gasteiger partial charge is 0.175 e. The second-order valence-corrected chi connectivity index (χ2v) is 4.35.